The fourth-order valence-corrected chi connectivity index (χ4v) is 1.96. The zero-order valence-electron chi connectivity index (χ0n) is 13.9. The van der Waals surface area contributed by atoms with Crippen molar-refractivity contribution in [2.75, 3.05) is 12.4 Å². The van der Waals surface area contributed by atoms with Gasteiger partial charge in [-0.2, -0.15) is 5.10 Å². The molecule has 25 heavy (non-hydrogen) atoms. The van der Waals surface area contributed by atoms with Crippen LogP contribution in [0.4, 0.5) is 5.69 Å². The van der Waals surface area contributed by atoms with Gasteiger partial charge >= 0.3 is 0 Å². The number of phenolic OH excluding ortho intramolecular Hbond substituents is 1. The van der Waals surface area contributed by atoms with Crippen molar-refractivity contribution in [2.24, 2.45) is 5.10 Å². The van der Waals surface area contributed by atoms with Gasteiger partial charge in [-0.25, -0.2) is 5.43 Å². The highest BCUT2D eigenvalue weighted by Crippen LogP contribution is 2.25. The Balaban J connectivity index is 1.96. The van der Waals surface area contributed by atoms with E-state index in [1.165, 1.54) is 19.4 Å². The molecule has 0 bridgehead atoms. The van der Waals surface area contributed by atoms with Crippen molar-refractivity contribution < 1.29 is 19.4 Å². The molecule has 3 N–H and O–H groups in total. The fraction of sp³-hybridized carbons (Fsp3) is 0.167. The number of hydrazone groups is 1. The number of nitrogens with one attached hydrogen (secondary N) is 2. The molecule has 0 radical (unpaired) electrons. The lowest BCUT2D eigenvalue weighted by molar-refractivity contribution is -0.115. The monoisotopic (exact) mass is 341 g/mol. The van der Waals surface area contributed by atoms with Crippen LogP contribution >= 0.6 is 0 Å². The average molecular weight is 341 g/mol. The third kappa shape index (κ3) is 5.07. The molecule has 2 aromatic carbocycles. The molecular weight excluding hydrogens is 322 g/mol. The van der Waals surface area contributed by atoms with Crippen LogP contribution in [0.25, 0.3) is 0 Å². The Morgan fingerprint density at radius 3 is 2.56 bits per heavy atom. The Morgan fingerprint density at radius 2 is 1.92 bits per heavy atom. The molecule has 0 aliphatic rings. The molecule has 2 aromatic rings. The first-order valence-electron chi connectivity index (χ1n) is 7.63. The Morgan fingerprint density at radius 1 is 1.20 bits per heavy atom. The van der Waals surface area contributed by atoms with Gasteiger partial charge in [0.05, 0.1) is 13.3 Å². The van der Waals surface area contributed by atoms with Crippen LogP contribution in [-0.4, -0.2) is 30.2 Å². The lowest BCUT2D eigenvalue weighted by atomic mass is 10.2. The van der Waals surface area contributed by atoms with Crippen molar-refractivity contribution in [2.45, 2.75) is 13.3 Å². The number of phenols is 1. The van der Waals surface area contributed by atoms with E-state index in [0.29, 0.717) is 29.0 Å². The van der Waals surface area contributed by atoms with Crippen LogP contribution in [0.1, 0.15) is 29.3 Å². The van der Waals surface area contributed by atoms with Crippen LogP contribution in [0.15, 0.2) is 47.6 Å². The molecule has 0 spiro atoms. The summed E-state index contributed by atoms with van der Waals surface area (Å²) >= 11 is 0. The van der Waals surface area contributed by atoms with Crippen LogP contribution in [0.2, 0.25) is 0 Å². The van der Waals surface area contributed by atoms with E-state index < -0.39 is 0 Å². The minimum atomic E-state index is -0.379. The number of amides is 2. The second-order valence-corrected chi connectivity index (χ2v) is 5.11. The van der Waals surface area contributed by atoms with Crippen LogP contribution in [0, 0.1) is 0 Å². The molecule has 0 aromatic heterocycles. The van der Waals surface area contributed by atoms with Crippen molar-refractivity contribution in [3.63, 3.8) is 0 Å². The Bertz CT molecular complexity index is 785. The van der Waals surface area contributed by atoms with Gasteiger partial charge in [-0.3, -0.25) is 9.59 Å². The Kier molecular flexibility index (Phi) is 6.11. The minimum absolute atomic E-state index is 0.0268. The molecule has 0 aliphatic heterocycles. The summed E-state index contributed by atoms with van der Waals surface area (Å²) in [6, 6.07) is 11.2. The summed E-state index contributed by atoms with van der Waals surface area (Å²) in [6.45, 7) is 1.76. The SMILES string of the molecule is CCC(=O)Nc1ccc(C(=O)N/N=C/c2ccc(O)c(OC)c2)cc1. The molecule has 0 saturated heterocycles. The summed E-state index contributed by atoms with van der Waals surface area (Å²) in [5.41, 5.74) is 4.11. The lowest BCUT2D eigenvalue weighted by Gasteiger charge is -2.05. The van der Waals surface area contributed by atoms with Crippen LogP contribution in [0.3, 0.4) is 0 Å². The normalized spacial score (nSPS) is 10.5. The van der Waals surface area contributed by atoms with E-state index in [1.54, 1.807) is 43.3 Å². The summed E-state index contributed by atoms with van der Waals surface area (Å²) in [5, 5.41) is 16.1. The minimum Gasteiger partial charge on any atom is -0.504 e. The molecule has 2 rings (SSSR count). The zero-order chi connectivity index (χ0) is 18.2. The maximum Gasteiger partial charge on any atom is 0.271 e. The maximum atomic E-state index is 12.0. The van der Waals surface area contributed by atoms with Gasteiger partial charge in [-0.15, -0.1) is 0 Å². The number of anilines is 1. The molecular formula is C18H19N3O4. The molecule has 0 atom stereocenters. The van der Waals surface area contributed by atoms with Gasteiger partial charge in [0.2, 0.25) is 5.91 Å². The predicted octanol–water partition coefficient (Wildman–Crippen LogP) is 2.51. The van der Waals surface area contributed by atoms with E-state index in [2.05, 4.69) is 15.8 Å². The number of aromatic hydroxyl groups is 1. The van der Waals surface area contributed by atoms with Crippen LogP contribution in [-0.2, 0) is 4.79 Å². The summed E-state index contributed by atoms with van der Waals surface area (Å²) < 4.78 is 5.00. The van der Waals surface area contributed by atoms with Gasteiger partial charge in [0.1, 0.15) is 0 Å². The molecule has 0 unspecified atom stereocenters. The molecule has 2 amide bonds. The number of ether oxygens (including phenoxy) is 1. The van der Waals surface area contributed by atoms with E-state index in [1.807, 2.05) is 0 Å². The van der Waals surface area contributed by atoms with Crippen molar-refractivity contribution in [3.8, 4) is 11.5 Å². The largest absolute Gasteiger partial charge is 0.504 e. The number of hydrogen-bond acceptors (Lipinski definition) is 5. The van der Waals surface area contributed by atoms with Crippen molar-refractivity contribution in [1.82, 2.24) is 5.43 Å². The predicted molar refractivity (Wildman–Crippen MR) is 95.1 cm³/mol. The molecule has 7 nitrogen and oxygen atoms in total. The van der Waals surface area contributed by atoms with Gasteiger partial charge in [0.15, 0.2) is 11.5 Å². The first-order chi connectivity index (χ1) is 12.0. The Labute approximate surface area is 145 Å². The number of carbonyl (C=O) groups excluding carboxylic acids is 2. The summed E-state index contributed by atoms with van der Waals surface area (Å²) in [4.78, 5) is 23.3. The van der Waals surface area contributed by atoms with Crippen LogP contribution < -0.4 is 15.5 Å². The number of benzene rings is 2. The number of rotatable bonds is 6. The second-order valence-electron chi connectivity index (χ2n) is 5.11. The highest BCUT2D eigenvalue weighted by Gasteiger charge is 2.05. The number of nitrogens with zero attached hydrogens (tertiary/aromatic N) is 1. The summed E-state index contributed by atoms with van der Waals surface area (Å²) in [6.07, 6.45) is 1.83. The third-order valence-electron chi connectivity index (χ3n) is 3.34. The molecule has 0 aliphatic carbocycles. The standard InChI is InChI=1S/C18H19N3O4/c1-3-17(23)20-14-7-5-13(6-8-14)18(24)21-19-11-12-4-9-15(22)16(10-12)25-2/h4-11,22H,3H2,1-2H3,(H,20,23)(H,21,24)/b19-11+. The van der Waals surface area contributed by atoms with Gasteiger partial charge < -0.3 is 15.2 Å². The topological polar surface area (TPSA) is 100 Å². The highest BCUT2D eigenvalue weighted by molar-refractivity contribution is 5.96. The quantitative estimate of drug-likeness (QED) is 0.555. The zero-order valence-corrected chi connectivity index (χ0v) is 13.9. The fourth-order valence-electron chi connectivity index (χ4n) is 1.96. The van der Waals surface area contributed by atoms with E-state index in [-0.39, 0.29) is 17.6 Å². The third-order valence-corrected chi connectivity index (χ3v) is 3.34. The van der Waals surface area contributed by atoms with Gasteiger partial charge in [0.25, 0.3) is 5.91 Å². The number of hydrogen-bond donors (Lipinski definition) is 3. The molecule has 0 heterocycles. The van der Waals surface area contributed by atoms with Crippen molar-refractivity contribution in [3.05, 3.63) is 53.6 Å². The molecule has 0 fully saturated rings. The van der Waals surface area contributed by atoms with Gasteiger partial charge in [-0.1, -0.05) is 6.92 Å². The smallest absolute Gasteiger partial charge is 0.271 e. The van der Waals surface area contributed by atoms with E-state index in [0.717, 1.165) is 0 Å². The molecule has 7 heteroatoms. The molecule has 0 saturated carbocycles. The average Bonchev–Trinajstić information content (AvgIpc) is 2.63. The lowest BCUT2D eigenvalue weighted by Crippen LogP contribution is -2.17. The number of carbonyl (C=O) groups is 2. The van der Waals surface area contributed by atoms with E-state index >= 15 is 0 Å². The van der Waals surface area contributed by atoms with E-state index in [9.17, 15) is 14.7 Å². The van der Waals surface area contributed by atoms with E-state index in [4.69, 9.17) is 4.74 Å². The van der Waals surface area contributed by atoms with Crippen LogP contribution in [0.5, 0.6) is 11.5 Å². The first kappa shape index (κ1) is 18.0. The summed E-state index contributed by atoms with van der Waals surface area (Å²) in [5.74, 6) is -0.125. The van der Waals surface area contributed by atoms with Gasteiger partial charge in [-0.05, 0) is 48.0 Å². The highest BCUT2D eigenvalue weighted by atomic mass is 16.5. The Hall–Kier alpha value is -3.35. The molecule has 130 valence electrons. The van der Waals surface area contributed by atoms with Crippen molar-refractivity contribution in [1.29, 1.82) is 0 Å². The first-order valence-corrected chi connectivity index (χ1v) is 7.63. The second kappa shape index (κ2) is 8.49. The van der Waals surface area contributed by atoms with Crippen molar-refractivity contribution >= 4 is 23.7 Å². The summed E-state index contributed by atoms with van der Waals surface area (Å²) in [7, 11) is 1.45. The number of methoxy groups -OCH3 is 1. The van der Waals surface area contributed by atoms with Gasteiger partial charge in [0, 0.05) is 17.7 Å². The maximum absolute atomic E-state index is 12.0.